The van der Waals surface area contributed by atoms with E-state index in [0.29, 0.717) is 11.8 Å². The van der Waals surface area contributed by atoms with Gasteiger partial charge in [0.15, 0.2) is 0 Å². The van der Waals surface area contributed by atoms with Crippen molar-refractivity contribution in [2.45, 2.75) is 32.1 Å². The van der Waals surface area contributed by atoms with Gasteiger partial charge in [-0.3, -0.25) is 10.1 Å². The summed E-state index contributed by atoms with van der Waals surface area (Å²) in [4.78, 5) is 10.5. The molecular weight excluding hydrogens is 248 g/mol. The Bertz CT molecular complexity index is 410. The van der Waals surface area contributed by atoms with Gasteiger partial charge in [0.25, 0.3) is 5.69 Å². The van der Waals surface area contributed by atoms with Crippen molar-refractivity contribution in [1.82, 2.24) is 5.32 Å². The summed E-state index contributed by atoms with van der Waals surface area (Å²) in [5.74, 6) is 0. The second-order valence-corrected chi connectivity index (χ2v) is 5.61. The van der Waals surface area contributed by atoms with Crippen molar-refractivity contribution in [1.29, 1.82) is 0 Å². The highest BCUT2D eigenvalue weighted by Crippen LogP contribution is 2.20. The lowest BCUT2D eigenvalue weighted by atomic mass is 10.1. The molecule has 0 aromatic heterocycles. The van der Waals surface area contributed by atoms with Crippen LogP contribution in [-0.2, 0) is 6.54 Å². The zero-order valence-electron chi connectivity index (χ0n) is 11.1. The second-order valence-electron chi connectivity index (χ2n) is 4.33. The van der Waals surface area contributed by atoms with Crippen LogP contribution >= 0.6 is 11.8 Å². The van der Waals surface area contributed by atoms with Gasteiger partial charge in [0.2, 0.25) is 0 Å². The van der Waals surface area contributed by atoms with Gasteiger partial charge in [-0.05, 0) is 31.7 Å². The molecule has 0 saturated carbocycles. The minimum atomic E-state index is -0.325. The first kappa shape index (κ1) is 15.0. The van der Waals surface area contributed by atoms with Crippen LogP contribution in [0.25, 0.3) is 0 Å². The molecule has 0 aliphatic rings. The standard InChI is InChI=1S/C13H20N2O2S/c1-10(18-3)7-8-14-9-12-5-4-6-13(11(12)2)15(16)17/h4-6,10,14H,7-9H2,1-3H3. The highest BCUT2D eigenvalue weighted by molar-refractivity contribution is 7.99. The quantitative estimate of drug-likeness (QED) is 0.469. The van der Waals surface area contributed by atoms with Gasteiger partial charge in [-0.25, -0.2) is 0 Å². The number of nitro benzene ring substituents is 1. The van der Waals surface area contributed by atoms with Crippen LogP contribution in [0.15, 0.2) is 18.2 Å². The molecule has 1 aromatic rings. The summed E-state index contributed by atoms with van der Waals surface area (Å²) in [6, 6.07) is 5.23. The third kappa shape index (κ3) is 4.31. The Morgan fingerprint density at radius 3 is 2.83 bits per heavy atom. The van der Waals surface area contributed by atoms with E-state index in [4.69, 9.17) is 0 Å². The smallest absolute Gasteiger partial charge is 0.272 e. The molecule has 1 unspecified atom stereocenters. The molecule has 0 bridgehead atoms. The lowest BCUT2D eigenvalue weighted by Gasteiger charge is -2.10. The Labute approximate surface area is 112 Å². The van der Waals surface area contributed by atoms with Crippen LogP contribution in [0.4, 0.5) is 5.69 Å². The normalized spacial score (nSPS) is 12.4. The first-order valence-corrected chi connectivity index (χ1v) is 7.31. The molecule has 0 saturated heterocycles. The zero-order valence-corrected chi connectivity index (χ0v) is 11.9. The Morgan fingerprint density at radius 2 is 2.22 bits per heavy atom. The Balaban J connectivity index is 2.53. The maximum atomic E-state index is 10.8. The van der Waals surface area contributed by atoms with Gasteiger partial charge in [0.1, 0.15) is 0 Å². The molecule has 1 atom stereocenters. The van der Waals surface area contributed by atoms with Gasteiger partial charge in [0, 0.05) is 23.4 Å². The summed E-state index contributed by atoms with van der Waals surface area (Å²) in [6.45, 7) is 5.63. The van der Waals surface area contributed by atoms with Gasteiger partial charge in [0.05, 0.1) is 4.92 Å². The predicted molar refractivity (Wildman–Crippen MR) is 77.1 cm³/mol. The van der Waals surface area contributed by atoms with E-state index >= 15 is 0 Å². The SMILES string of the molecule is CSC(C)CCNCc1cccc([N+](=O)[O-])c1C. The number of nitro groups is 1. The van der Waals surface area contributed by atoms with Crippen LogP contribution in [0.2, 0.25) is 0 Å². The maximum absolute atomic E-state index is 10.8. The molecule has 0 heterocycles. The van der Waals surface area contributed by atoms with Crippen molar-refractivity contribution >= 4 is 17.4 Å². The summed E-state index contributed by atoms with van der Waals surface area (Å²) in [7, 11) is 0. The van der Waals surface area contributed by atoms with Crippen LogP contribution < -0.4 is 5.32 Å². The Morgan fingerprint density at radius 1 is 1.50 bits per heavy atom. The fourth-order valence-electron chi connectivity index (χ4n) is 1.71. The molecule has 0 fully saturated rings. The number of benzene rings is 1. The molecule has 0 aliphatic carbocycles. The van der Waals surface area contributed by atoms with E-state index in [9.17, 15) is 10.1 Å². The highest BCUT2D eigenvalue weighted by Gasteiger charge is 2.12. The van der Waals surface area contributed by atoms with Crippen molar-refractivity contribution < 1.29 is 4.92 Å². The second kappa shape index (κ2) is 7.38. The van der Waals surface area contributed by atoms with Crippen molar-refractivity contribution in [3.63, 3.8) is 0 Å². The number of nitrogens with zero attached hydrogens (tertiary/aromatic N) is 1. The molecule has 100 valence electrons. The van der Waals surface area contributed by atoms with Crippen LogP contribution in [-0.4, -0.2) is 23.0 Å². The molecule has 1 rings (SSSR count). The van der Waals surface area contributed by atoms with E-state index < -0.39 is 0 Å². The van der Waals surface area contributed by atoms with Gasteiger partial charge in [-0.1, -0.05) is 19.1 Å². The van der Waals surface area contributed by atoms with Crippen molar-refractivity contribution in [2.75, 3.05) is 12.8 Å². The maximum Gasteiger partial charge on any atom is 0.272 e. The number of nitrogens with one attached hydrogen (secondary N) is 1. The summed E-state index contributed by atoms with van der Waals surface area (Å²) in [5, 5.41) is 14.8. The minimum absolute atomic E-state index is 0.201. The number of thioether (sulfide) groups is 1. The largest absolute Gasteiger partial charge is 0.313 e. The number of hydrogen-bond acceptors (Lipinski definition) is 4. The Kier molecular flexibility index (Phi) is 6.15. The minimum Gasteiger partial charge on any atom is -0.313 e. The lowest BCUT2D eigenvalue weighted by Crippen LogP contribution is -2.18. The number of rotatable bonds is 7. The highest BCUT2D eigenvalue weighted by atomic mass is 32.2. The molecule has 18 heavy (non-hydrogen) atoms. The van der Waals surface area contributed by atoms with E-state index in [1.54, 1.807) is 19.1 Å². The van der Waals surface area contributed by atoms with E-state index in [2.05, 4.69) is 18.5 Å². The first-order valence-electron chi connectivity index (χ1n) is 6.02. The lowest BCUT2D eigenvalue weighted by molar-refractivity contribution is -0.385. The average Bonchev–Trinajstić information content (AvgIpc) is 2.35. The zero-order chi connectivity index (χ0) is 13.5. The fourth-order valence-corrected chi connectivity index (χ4v) is 2.06. The summed E-state index contributed by atoms with van der Waals surface area (Å²) < 4.78 is 0. The van der Waals surface area contributed by atoms with Crippen LogP contribution in [0, 0.1) is 17.0 Å². The molecule has 0 radical (unpaired) electrons. The van der Waals surface area contributed by atoms with Crippen molar-refractivity contribution in [3.05, 3.63) is 39.4 Å². The van der Waals surface area contributed by atoms with Gasteiger partial charge < -0.3 is 5.32 Å². The molecule has 5 heteroatoms. The van der Waals surface area contributed by atoms with E-state index in [-0.39, 0.29) is 10.6 Å². The predicted octanol–water partition coefficient (Wildman–Crippen LogP) is 3.13. The summed E-state index contributed by atoms with van der Waals surface area (Å²) >= 11 is 1.85. The molecule has 0 spiro atoms. The summed E-state index contributed by atoms with van der Waals surface area (Å²) in [6.07, 6.45) is 3.21. The molecule has 1 N–H and O–H groups in total. The van der Waals surface area contributed by atoms with Crippen molar-refractivity contribution in [2.24, 2.45) is 0 Å². The molecule has 4 nitrogen and oxygen atoms in total. The van der Waals surface area contributed by atoms with E-state index in [1.165, 1.54) is 0 Å². The fraction of sp³-hybridized carbons (Fsp3) is 0.538. The third-order valence-electron chi connectivity index (χ3n) is 3.06. The molecular formula is C13H20N2O2S. The van der Waals surface area contributed by atoms with Gasteiger partial charge in [-0.2, -0.15) is 11.8 Å². The van der Waals surface area contributed by atoms with Gasteiger partial charge >= 0.3 is 0 Å². The van der Waals surface area contributed by atoms with Gasteiger partial charge in [-0.15, -0.1) is 0 Å². The van der Waals surface area contributed by atoms with Crippen LogP contribution in [0.1, 0.15) is 24.5 Å². The Hall–Kier alpha value is -1.07. The topological polar surface area (TPSA) is 55.2 Å². The monoisotopic (exact) mass is 268 g/mol. The third-order valence-corrected chi connectivity index (χ3v) is 4.10. The number of hydrogen-bond donors (Lipinski definition) is 1. The van der Waals surface area contributed by atoms with E-state index in [0.717, 1.165) is 24.1 Å². The summed E-state index contributed by atoms with van der Waals surface area (Å²) in [5.41, 5.74) is 1.96. The molecule has 1 aromatic carbocycles. The molecule has 0 amide bonds. The van der Waals surface area contributed by atoms with Crippen molar-refractivity contribution in [3.8, 4) is 0 Å². The average molecular weight is 268 g/mol. The van der Waals surface area contributed by atoms with Crippen LogP contribution in [0.5, 0.6) is 0 Å². The first-order chi connectivity index (χ1) is 8.56. The van der Waals surface area contributed by atoms with Crippen LogP contribution in [0.3, 0.4) is 0 Å². The van der Waals surface area contributed by atoms with E-state index in [1.807, 2.05) is 17.8 Å². The molecule has 0 aliphatic heterocycles.